The Labute approximate surface area is 204 Å². The van der Waals surface area contributed by atoms with Crippen LogP contribution < -0.4 is 5.56 Å². The number of carbonyl (C=O) groups excluding carboxylic acids is 1. The molecule has 5 rings (SSSR count). The van der Waals surface area contributed by atoms with Gasteiger partial charge in [-0.05, 0) is 43.0 Å². The summed E-state index contributed by atoms with van der Waals surface area (Å²) >= 11 is 2.80. The fourth-order valence-electron chi connectivity index (χ4n) is 4.29. The van der Waals surface area contributed by atoms with Gasteiger partial charge < -0.3 is 9.47 Å². The van der Waals surface area contributed by atoms with Gasteiger partial charge in [-0.25, -0.2) is 8.97 Å². The van der Waals surface area contributed by atoms with Crippen LogP contribution in [0.15, 0.2) is 34.2 Å². The summed E-state index contributed by atoms with van der Waals surface area (Å²) in [4.78, 5) is 27.8. The van der Waals surface area contributed by atoms with Crippen molar-refractivity contribution in [2.75, 3.05) is 12.4 Å². The average molecular weight is 499 g/mol. The van der Waals surface area contributed by atoms with E-state index in [9.17, 15) is 9.59 Å². The summed E-state index contributed by atoms with van der Waals surface area (Å²) < 4.78 is 14.7. The largest absolute Gasteiger partial charge is 0.465 e. The van der Waals surface area contributed by atoms with E-state index in [4.69, 9.17) is 9.47 Å². The molecule has 4 aromatic rings. The molecule has 0 radical (unpaired) electrons. The third-order valence-corrected chi connectivity index (χ3v) is 8.06. The van der Waals surface area contributed by atoms with Crippen LogP contribution >= 0.6 is 23.1 Å². The van der Waals surface area contributed by atoms with Crippen molar-refractivity contribution in [2.24, 2.45) is 5.92 Å². The molecule has 1 aliphatic rings. The number of fused-ring (bicyclic) bond motifs is 5. The molecule has 0 N–H and O–H groups in total. The summed E-state index contributed by atoms with van der Waals surface area (Å²) in [7, 11) is 0. The molecule has 0 bridgehead atoms. The molecule has 1 unspecified atom stereocenters. The quantitative estimate of drug-likeness (QED) is 0.291. The van der Waals surface area contributed by atoms with E-state index in [-0.39, 0.29) is 23.4 Å². The van der Waals surface area contributed by atoms with Crippen molar-refractivity contribution < 1.29 is 14.3 Å². The van der Waals surface area contributed by atoms with Crippen molar-refractivity contribution in [2.45, 2.75) is 52.0 Å². The van der Waals surface area contributed by atoms with Gasteiger partial charge in [0.2, 0.25) is 5.78 Å². The van der Waals surface area contributed by atoms with Crippen LogP contribution in [0.3, 0.4) is 0 Å². The third kappa shape index (κ3) is 3.93. The lowest BCUT2D eigenvalue weighted by atomic mass is 9.96. The fourth-order valence-corrected chi connectivity index (χ4v) is 6.32. The van der Waals surface area contributed by atoms with Gasteiger partial charge in [-0.3, -0.25) is 9.59 Å². The lowest BCUT2D eigenvalue weighted by Crippen LogP contribution is -2.28. The highest BCUT2D eigenvalue weighted by Crippen LogP contribution is 2.37. The second kappa shape index (κ2) is 9.16. The Hall–Kier alpha value is -2.69. The summed E-state index contributed by atoms with van der Waals surface area (Å²) in [6.07, 6.45) is 0.751. The number of rotatable bonds is 6. The number of hydrogen-bond donors (Lipinski definition) is 0. The van der Waals surface area contributed by atoms with Gasteiger partial charge in [-0.15, -0.1) is 21.5 Å². The molecular formula is C24H26N4O4S2. The molecule has 1 aromatic carbocycles. The molecule has 0 saturated heterocycles. The van der Waals surface area contributed by atoms with Crippen LogP contribution in [-0.4, -0.2) is 43.6 Å². The Morgan fingerprint density at radius 2 is 2.18 bits per heavy atom. The minimum Gasteiger partial charge on any atom is -0.465 e. The molecule has 3 aromatic heterocycles. The Kier molecular flexibility index (Phi) is 6.22. The maximum Gasteiger partial charge on any atom is 0.316 e. The number of esters is 1. The first kappa shape index (κ1) is 23.1. The number of carbonyl (C=O) groups is 1. The Balaban J connectivity index is 1.77. The maximum absolute atomic E-state index is 14.0. The summed E-state index contributed by atoms with van der Waals surface area (Å²) in [5.41, 5.74) is 2.72. The number of ether oxygens (including phenoxy) is 2. The van der Waals surface area contributed by atoms with E-state index in [2.05, 4.69) is 24.0 Å². The van der Waals surface area contributed by atoms with Crippen molar-refractivity contribution in [1.82, 2.24) is 19.2 Å². The van der Waals surface area contributed by atoms with Crippen molar-refractivity contribution in [1.29, 1.82) is 0 Å². The molecule has 8 nitrogen and oxygen atoms in total. The Morgan fingerprint density at radius 1 is 1.35 bits per heavy atom. The second-order valence-electron chi connectivity index (χ2n) is 8.67. The van der Waals surface area contributed by atoms with Gasteiger partial charge in [0.15, 0.2) is 5.16 Å². The van der Waals surface area contributed by atoms with E-state index in [1.165, 1.54) is 11.8 Å². The van der Waals surface area contributed by atoms with Crippen LogP contribution in [0.5, 0.6) is 0 Å². The number of nitrogens with zero attached hydrogens (tertiary/aromatic N) is 4. The highest BCUT2D eigenvalue weighted by atomic mass is 32.2. The predicted molar refractivity (Wildman–Crippen MR) is 133 cm³/mol. The zero-order chi connectivity index (χ0) is 24.0. The van der Waals surface area contributed by atoms with Gasteiger partial charge >= 0.3 is 5.97 Å². The van der Waals surface area contributed by atoms with Crippen LogP contribution in [0.2, 0.25) is 0 Å². The van der Waals surface area contributed by atoms with Gasteiger partial charge in [0.25, 0.3) is 5.56 Å². The molecule has 178 valence electrons. The van der Waals surface area contributed by atoms with E-state index >= 15 is 0 Å². The maximum atomic E-state index is 14.0. The molecule has 0 fully saturated rings. The summed E-state index contributed by atoms with van der Waals surface area (Å²) in [5.74, 6) is 0.570. The van der Waals surface area contributed by atoms with Gasteiger partial charge in [0.05, 0.1) is 36.1 Å². The van der Waals surface area contributed by atoms with Crippen molar-refractivity contribution in [3.05, 3.63) is 50.6 Å². The first-order valence-electron chi connectivity index (χ1n) is 11.3. The van der Waals surface area contributed by atoms with E-state index in [1.807, 2.05) is 35.6 Å². The molecular weight excluding hydrogens is 472 g/mol. The molecule has 0 saturated carbocycles. The number of thioether (sulfide) groups is 1. The summed E-state index contributed by atoms with van der Waals surface area (Å²) in [6, 6.07) is 7.79. The third-order valence-electron chi connectivity index (χ3n) is 5.97. The SMILES string of the molecule is CCOC(=O)CSc1nnc2n(-c3cccc(C)c3)c(=O)c3c4c(sc3n12)COC(C(C)C)C4. The average Bonchev–Trinajstić information content (AvgIpc) is 3.39. The minimum absolute atomic E-state index is 0.0615. The van der Waals surface area contributed by atoms with E-state index in [1.54, 1.807) is 22.8 Å². The Bertz CT molecular complexity index is 1450. The fraction of sp³-hybridized carbons (Fsp3) is 0.417. The van der Waals surface area contributed by atoms with Crippen LogP contribution in [0.25, 0.3) is 21.7 Å². The Morgan fingerprint density at radius 3 is 2.91 bits per heavy atom. The molecule has 1 atom stereocenters. The van der Waals surface area contributed by atoms with Gasteiger partial charge in [0, 0.05) is 11.3 Å². The van der Waals surface area contributed by atoms with Crippen LogP contribution in [-0.2, 0) is 27.3 Å². The van der Waals surface area contributed by atoms with E-state index < -0.39 is 0 Å². The zero-order valence-electron chi connectivity index (χ0n) is 19.5. The topological polar surface area (TPSA) is 87.7 Å². The second-order valence-corrected chi connectivity index (χ2v) is 10.7. The standard InChI is InChI=1S/C24H26N4O4S2/c1-5-31-19(29)12-33-24-26-25-23-27(15-8-6-7-14(4)9-15)21(30)20-16-10-17(13(2)3)32-11-18(16)34-22(20)28(23)24/h6-9,13,17H,5,10-12H2,1-4H3. The monoisotopic (exact) mass is 498 g/mol. The van der Waals surface area contributed by atoms with Crippen molar-refractivity contribution in [3.8, 4) is 5.69 Å². The van der Waals surface area contributed by atoms with Crippen molar-refractivity contribution >= 4 is 45.1 Å². The molecule has 4 heterocycles. The smallest absolute Gasteiger partial charge is 0.316 e. The van der Waals surface area contributed by atoms with Gasteiger partial charge in [-0.2, -0.15) is 0 Å². The number of aryl methyl sites for hydroxylation is 1. The normalized spacial score (nSPS) is 15.9. The number of thiophene rings is 1. The number of benzene rings is 1. The number of hydrogen-bond acceptors (Lipinski definition) is 8. The zero-order valence-corrected chi connectivity index (χ0v) is 21.2. The van der Waals surface area contributed by atoms with Crippen molar-refractivity contribution in [3.63, 3.8) is 0 Å². The number of aromatic nitrogens is 4. The minimum atomic E-state index is -0.314. The molecule has 10 heteroatoms. The highest BCUT2D eigenvalue weighted by Gasteiger charge is 2.30. The highest BCUT2D eigenvalue weighted by molar-refractivity contribution is 7.99. The molecule has 0 aliphatic carbocycles. The van der Waals surface area contributed by atoms with Crippen LogP contribution in [0.1, 0.15) is 36.8 Å². The van der Waals surface area contributed by atoms with Gasteiger partial charge in [0.1, 0.15) is 4.83 Å². The van der Waals surface area contributed by atoms with Crippen LogP contribution in [0.4, 0.5) is 0 Å². The lowest BCUT2D eigenvalue weighted by molar-refractivity contribution is -0.139. The lowest BCUT2D eigenvalue weighted by Gasteiger charge is -2.26. The van der Waals surface area contributed by atoms with E-state index in [0.29, 0.717) is 41.9 Å². The first-order valence-corrected chi connectivity index (χ1v) is 13.1. The van der Waals surface area contributed by atoms with Crippen LogP contribution in [0, 0.1) is 12.8 Å². The molecule has 0 amide bonds. The summed E-state index contributed by atoms with van der Waals surface area (Å²) in [5, 5.41) is 9.98. The molecule has 34 heavy (non-hydrogen) atoms. The first-order chi connectivity index (χ1) is 16.4. The van der Waals surface area contributed by atoms with Gasteiger partial charge in [-0.1, -0.05) is 37.7 Å². The van der Waals surface area contributed by atoms with E-state index in [0.717, 1.165) is 26.5 Å². The molecule has 1 aliphatic heterocycles. The molecule has 0 spiro atoms. The summed E-state index contributed by atoms with van der Waals surface area (Å²) in [6.45, 7) is 8.85. The predicted octanol–water partition coefficient (Wildman–Crippen LogP) is 4.16.